The van der Waals surface area contributed by atoms with E-state index in [0.29, 0.717) is 19.4 Å². The molecule has 0 radical (unpaired) electrons. The molecule has 0 bridgehead atoms. The number of primary amides is 1. The van der Waals surface area contributed by atoms with Crippen LogP contribution >= 0.6 is 0 Å². The Labute approximate surface area is 198 Å². The summed E-state index contributed by atoms with van der Waals surface area (Å²) in [4.78, 5) is 38.0. The van der Waals surface area contributed by atoms with Gasteiger partial charge in [0.05, 0.1) is 6.04 Å². The summed E-state index contributed by atoms with van der Waals surface area (Å²) in [5.41, 5.74) is 8.26. The van der Waals surface area contributed by atoms with Gasteiger partial charge in [0.2, 0.25) is 11.5 Å². The summed E-state index contributed by atoms with van der Waals surface area (Å²) in [6, 6.07) is 20.7. The fourth-order valence-corrected chi connectivity index (χ4v) is 4.51. The summed E-state index contributed by atoms with van der Waals surface area (Å²) >= 11 is 0. The zero-order valence-electron chi connectivity index (χ0n) is 19.4. The molecular weight excluding hydrogens is 430 g/mol. The molecule has 2 aromatic carbocycles. The van der Waals surface area contributed by atoms with E-state index in [2.05, 4.69) is 0 Å². The van der Waals surface area contributed by atoms with E-state index in [0.717, 1.165) is 22.3 Å². The Morgan fingerprint density at radius 2 is 1.71 bits per heavy atom. The summed E-state index contributed by atoms with van der Waals surface area (Å²) < 4.78 is 7.58. The second-order valence-electron chi connectivity index (χ2n) is 8.80. The monoisotopic (exact) mass is 459 g/mol. The standard InChI is InChI=1S/C27H29N3O4/c1-19(20-8-10-21(11-9-20)22-12-13-25(32)29(2)18-22)30-17-16-27(34-26(30)33,15-14-24(28)31)23-6-4-3-5-7-23/h3-13,18-19H,14-17H2,1-2H3,(H2,28,31). The third-order valence-corrected chi connectivity index (χ3v) is 6.63. The molecule has 1 aliphatic heterocycles. The lowest BCUT2D eigenvalue weighted by Crippen LogP contribution is -2.49. The fraction of sp³-hybridized carbons (Fsp3) is 0.296. The zero-order valence-corrected chi connectivity index (χ0v) is 19.4. The largest absolute Gasteiger partial charge is 0.438 e. The van der Waals surface area contributed by atoms with Gasteiger partial charge in [-0.25, -0.2) is 4.79 Å². The average Bonchev–Trinajstić information content (AvgIpc) is 2.85. The van der Waals surface area contributed by atoms with Gasteiger partial charge in [-0.15, -0.1) is 0 Å². The van der Waals surface area contributed by atoms with Crippen molar-refractivity contribution in [3.05, 3.63) is 94.4 Å². The number of nitrogens with zero attached hydrogens (tertiary/aromatic N) is 2. The maximum Gasteiger partial charge on any atom is 0.411 e. The quantitative estimate of drug-likeness (QED) is 0.575. The smallest absolute Gasteiger partial charge is 0.411 e. The molecule has 2 unspecified atom stereocenters. The second kappa shape index (κ2) is 9.55. The van der Waals surface area contributed by atoms with Crippen LogP contribution in [0.25, 0.3) is 11.1 Å². The number of aromatic nitrogens is 1. The SMILES string of the molecule is CC(c1ccc(-c2ccc(=O)n(C)c2)cc1)N1CCC(CCC(N)=O)(c2ccccc2)OC1=O. The Hall–Kier alpha value is -3.87. The molecule has 7 nitrogen and oxygen atoms in total. The van der Waals surface area contributed by atoms with Crippen LogP contribution in [0.3, 0.4) is 0 Å². The lowest BCUT2D eigenvalue weighted by atomic mass is 9.84. The number of amides is 2. The van der Waals surface area contributed by atoms with Crippen molar-refractivity contribution in [3.8, 4) is 11.1 Å². The van der Waals surface area contributed by atoms with Crippen molar-refractivity contribution in [2.45, 2.75) is 37.8 Å². The number of nitrogens with two attached hydrogens (primary N) is 1. The molecule has 176 valence electrons. The van der Waals surface area contributed by atoms with Crippen molar-refractivity contribution in [1.29, 1.82) is 0 Å². The minimum Gasteiger partial charge on any atom is -0.438 e. The van der Waals surface area contributed by atoms with E-state index >= 15 is 0 Å². The molecule has 0 aliphatic carbocycles. The van der Waals surface area contributed by atoms with Gasteiger partial charge in [0.15, 0.2) is 0 Å². The third kappa shape index (κ3) is 4.73. The number of aryl methyl sites for hydroxylation is 1. The molecule has 4 rings (SSSR count). The number of hydrogen-bond acceptors (Lipinski definition) is 4. The molecule has 34 heavy (non-hydrogen) atoms. The molecule has 1 fully saturated rings. The van der Waals surface area contributed by atoms with Gasteiger partial charge in [-0.3, -0.25) is 9.59 Å². The molecule has 1 aliphatic rings. The summed E-state index contributed by atoms with van der Waals surface area (Å²) in [6.07, 6.45) is 2.46. The van der Waals surface area contributed by atoms with Gasteiger partial charge in [-0.1, -0.05) is 54.6 Å². The Bertz CT molecular complexity index is 1240. The molecule has 0 spiro atoms. The highest BCUT2D eigenvalue weighted by Crippen LogP contribution is 2.40. The highest BCUT2D eigenvalue weighted by atomic mass is 16.6. The molecular formula is C27H29N3O4. The van der Waals surface area contributed by atoms with Crippen molar-refractivity contribution >= 4 is 12.0 Å². The molecule has 3 aromatic rings. The second-order valence-corrected chi connectivity index (χ2v) is 8.80. The highest BCUT2D eigenvalue weighted by molar-refractivity contribution is 5.74. The molecule has 2 heterocycles. The minimum absolute atomic E-state index is 0.0555. The molecule has 1 aromatic heterocycles. The van der Waals surface area contributed by atoms with Crippen molar-refractivity contribution < 1.29 is 14.3 Å². The molecule has 2 atom stereocenters. The van der Waals surface area contributed by atoms with Crippen LogP contribution in [0, 0.1) is 0 Å². The van der Waals surface area contributed by atoms with Gasteiger partial charge in [0.25, 0.3) is 0 Å². The number of carbonyl (C=O) groups excluding carboxylic acids is 2. The maximum absolute atomic E-state index is 13.2. The number of hydrogen-bond donors (Lipinski definition) is 1. The number of pyridine rings is 1. The van der Waals surface area contributed by atoms with Crippen molar-refractivity contribution in [3.63, 3.8) is 0 Å². The van der Waals surface area contributed by atoms with Gasteiger partial charge in [0, 0.05) is 45.1 Å². The molecule has 0 saturated carbocycles. The number of rotatable bonds is 7. The van der Waals surface area contributed by atoms with Crippen LogP contribution in [0.15, 0.2) is 77.7 Å². The summed E-state index contributed by atoms with van der Waals surface area (Å²) in [5, 5.41) is 0. The van der Waals surface area contributed by atoms with Gasteiger partial charge >= 0.3 is 6.09 Å². The van der Waals surface area contributed by atoms with Crippen LogP contribution in [0.4, 0.5) is 4.79 Å². The Balaban J connectivity index is 1.52. The van der Waals surface area contributed by atoms with Crippen LogP contribution in [0.5, 0.6) is 0 Å². The van der Waals surface area contributed by atoms with Crippen LogP contribution in [0.2, 0.25) is 0 Å². The van der Waals surface area contributed by atoms with Gasteiger partial charge in [-0.05, 0) is 35.2 Å². The Kier molecular flexibility index (Phi) is 6.54. The summed E-state index contributed by atoms with van der Waals surface area (Å²) in [5.74, 6) is -0.416. The topological polar surface area (TPSA) is 94.6 Å². The number of carbonyl (C=O) groups is 2. The van der Waals surface area contributed by atoms with E-state index in [1.807, 2.05) is 61.5 Å². The number of ether oxygens (including phenoxy) is 1. The van der Waals surface area contributed by atoms with Gasteiger partial charge in [0.1, 0.15) is 5.60 Å². The van der Waals surface area contributed by atoms with E-state index in [4.69, 9.17) is 10.5 Å². The van der Waals surface area contributed by atoms with Crippen LogP contribution < -0.4 is 11.3 Å². The van der Waals surface area contributed by atoms with E-state index in [-0.39, 0.29) is 18.0 Å². The highest BCUT2D eigenvalue weighted by Gasteiger charge is 2.43. The molecule has 1 saturated heterocycles. The molecule has 7 heteroatoms. The van der Waals surface area contributed by atoms with Crippen molar-refractivity contribution in [2.24, 2.45) is 12.8 Å². The van der Waals surface area contributed by atoms with Crippen LogP contribution in [0.1, 0.15) is 43.4 Å². The first kappa shape index (κ1) is 23.3. The Morgan fingerprint density at radius 1 is 1.03 bits per heavy atom. The molecule has 2 N–H and O–H groups in total. The maximum atomic E-state index is 13.2. The van der Waals surface area contributed by atoms with Gasteiger partial charge in [-0.2, -0.15) is 0 Å². The third-order valence-electron chi connectivity index (χ3n) is 6.63. The predicted octanol–water partition coefficient (Wildman–Crippen LogP) is 4.12. The normalized spacial score (nSPS) is 18.9. The van der Waals surface area contributed by atoms with Crippen LogP contribution in [-0.2, 0) is 22.2 Å². The predicted molar refractivity (Wildman–Crippen MR) is 130 cm³/mol. The van der Waals surface area contributed by atoms with E-state index < -0.39 is 17.6 Å². The zero-order chi connectivity index (χ0) is 24.3. The molecule has 2 amide bonds. The van der Waals surface area contributed by atoms with Crippen LogP contribution in [-0.4, -0.2) is 28.0 Å². The number of cyclic esters (lactones) is 1. The first-order valence-electron chi connectivity index (χ1n) is 11.4. The first-order chi connectivity index (χ1) is 16.3. The minimum atomic E-state index is -0.864. The van der Waals surface area contributed by atoms with Crippen molar-refractivity contribution in [1.82, 2.24) is 9.47 Å². The number of benzene rings is 2. The van der Waals surface area contributed by atoms with E-state index in [9.17, 15) is 14.4 Å². The lowest BCUT2D eigenvalue weighted by molar-refractivity contribution is -0.121. The van der Waals surface area contributed by atoms with E-state index in [1.165, 1.54) is 0 Å². The van der Waals surface area contributed by atoms with E-state index in [1.54, 1.807) is 34.8 Å². The van der Waals surface area contributed by atoms with Crippen molar-refractivity contribution in [2.75, 3.05) is 6.54 Å². The summed E-state index contributed by atoms with van der Waals surface area (Å²) in [6.45, 7) is 2.47. The first-order valence-corrected chi connectivity index (χ1v) is 11.4. The lowest BCUT2D eigenvalue weighted by Gasteiger charge is -2.43. The van der Waals surface area contributed by atoms with Gasteiger partial charge < -0.3 is 19.9 Å². The fourth-order valence-electron chi connectivity index (χ4n) is 4.51. The Morgan fingerprint density at radius 3 is 2.32 bits per heavy atom. The average molecular weight is 460 g/mol. The summed E-state index contributed by atoms with van der Waals surface area (Å²) in [7, 11) is 1.73.